The topological polar surface area (TPSA) is 78.4 Å². The average molecular weight is 290 g/mol. The molecule has 1 aliphatic carbocycles. The number of hydrogen-bond acceptors (Lipinski definition) is 2. The Morgan fingerprint density at radius 3 is 2.62 bits per heavy atom. The Bertz CT molecular complexity index is 567. The van der Waals surface area contributed by atoms with Crippen LogP contribution in [0.4, 0.5) is 10.5 Å². The first-order valence-corrected chi connectivity index (χ1v) is 7.19. The molecule has 1 fully saturated rings. The zero-order valence-electron chi connectivity index (χ0n) is 12.7. The van der Waals surface area contributed by atoms with Gasteiger partial charge in [0, 0.05) is 6.04 Å². The minimum atomic E-state index is -1.04. The van der Waals surface area contributed by atoms with Gasteiger partial charge in [0.1, 0.15) is 0 Å². The summed E-state index contributed by atoms with van der Waals surface area (Å²) in [7, 11) is 0. The quantitative estimate of drug-likeness (QED) is 0.798. The molecule has 0 bridgehead atoms. The molecule has 3 N–H and O–H groups in total. The molecule has 1 aromatic rings. The van der Waals surface area contributed by atoms with E-state index in [1.807, 2.05) is 0 Å². The lowest BCUT2D eigenvalue weighted by molar-refractivity contribution is 0.0697. The second-order valence-corrected chi connectivity index (χ2v) is 6.51. The summed E-state index contributed by atoms with van der Waals surface area (Å²) in [4.78, 5) is 23.3. The van der Waals surface area contributed by atoms with Gasteiger partial charge in [0.05, 0.1) is 11.3 Å². The summed E-state index contributed by atoms with van der Waals surface area (Å²) < 4.78 is 0. The van der Waals surface area contributed by atoms with Crippen LogP contribution in [-0.4, -0.2) is 23.1 Å². The molecule has 0 heterocycles. The van der Waals surface area contributed by atoms with E-state index in [4.69, 9.17) is 0 Å². The lowest BCUT2D eigenvalue weighted by Gasteiger charge is -2.18. The molecule has 0 radical (unpaired) electrons. The van der Waals surface area contributed by atoms with Gasteiger partial charge < -0.3 is 15.7 Å². The SMILES string of the molecule is Cc1cccc(NC(=O)NC2CCC(C)(C)C2)c1C(=O)O. The van der Waals surface area contributed by atoms with Crippen LogP contribution in [0.25, 0.3) is 0 Å². The van der Waals surface area contributed by atoms with Crippen molar-refractivity contribution in [1.29, 1.82) is 0 Å². The fraction of sp³-hybridized carbons (Fsp3) is 0.500. The van der Waals surface area contributed by atoms with Crippen LogP contribution < -0.4 is 10.6 Å². The highest BCUT2D eigenvalue weighted by atomic mass is 16.4. The Labute approximate surface area is 124 Å². The molecule has 5 nitrogen and oxygen atoms in total. The number of carbonyl (C=O) groups is 2. The number of carboxylic acid groups (broad SMARTS) is 1. The van der Waals surface area contributed by atoms with Gasteiger partial charge in [-0.3, -0.25) is 0 Å². The van der Waals surface area contributed by atoms with Crippen molar-refractivity contribution in [1.82, 2.24) is 5.32 Å². The lowest BCUT2D eigenvalue weighted by atomic mass is 9.92. The maximum atomic E-state index is 12.1. The third kappa shape index (κ3) is 3.74. The Hall–Kier alpha value is -2.04. The molecule has 0 aliphatic heterocycles. The van der Waals surface area contributed by atoms with Crippen LogP contribution in [0.15, 0.2) is 18.2 Å². The minimum absolute atomic E-state index is 0.138. The molecule has 0 spiro atoms. The predicted octanol–water partition coefficient (Wildman–Crippen LogP) is 3.39. The fourth-order valence-electron chi connectivity index (χ4n) is 2.96. The lowest BCUT2D eigenvalue weighted by Crippen LogP contribution is -2.37. The Balaban J connectivity index is 2.04. The molecule has 1 unspecified atom stereocenters. The van der Waals surface area contributed by atoms with Crippen molar-refractivity contribution >= 4 is 17.7 Å². The number of aryl methyl sites for hydroxylation is 1. The van der Waals surface area contributed by atoms with Gasteiger partial charge >= 0.3 is 12.0 Å². The normalized spacial score (nSPS) is 20.0. The van der Waals surface area contributed by atoms with E-state index in [2.05, 4.69) is 24.5 Å². The second-order valence-electron chi connectivity index (χ2n) is 6.51. The maximum Gasteiger partial charge on any atom is 0.338 e. The molecule has 1 aromatic carbocycles. The highest BCUT2D eigenvalue weighted by molar-refractivity contribution is 6.01. The largest absolute Gasteiger partial charge is 0.478 e. The molecule has 1 saturated carbocycles. The molecule has 114 valence electrons. The number of anilines is 1. The number of benzene rings is 1. The van der Waals surface area contributed by atoms with E-state index in [1.165, 1.54) is 0 Å². The van der Waals surface area contributed by atoms with Gasteiger partial charge in [-0.1, -0.05) is 26.0 Å². The fourth-order valence-corrected chi connectivity index (χ4v) is 2.96. The Morgan fingerprint density at radius 1 is 1.33 bits per heavy atom. The van der Waals surface area contributed by atoms with Crippen LogP contribution >= 0.6 is 0 Å². The first-order chi connectivity index (χ1) is 9.78. The zero-order chi connectivity index (χ0) is 15.6. The van der Waals surface area contributed by atoms with Crippen molar-refractivity contribution in [3.8, 4) is 0 Å². The number of urea groups is 1. The molecule has 1 aliphatic rings. The van der Waals surface area contributed by atoms with Crippen molar-refractivity contribution in [2.45, 2.75) is 46.1 Å². The number of aromatic carboxylic acids is 1. The number of hydrogen-bond donors (Lipinski definition) is 3. The van der Waals surface area contributed by atoms with Gasteiger partial charge in [-0.05, 0) is 43.2 Å². The van der Waals surface area contributed by atoms with Crippen molar-refractivity contribution in [2.24, 2.45) is 5.41 Å². The highest BCUT2D eigenvalue weighted by Gasteiger charge is 2.31. The van der Waals surface area contributed by atoms with E-state index in [-0.39, 0.29) is 23.1 Å². The Kier molecular flexibility index (Phi) is 4.21. The average Bonchev–Trinajstić information content (AvgIpc) is 2.67. The third-order valence-electron chi connectivity index (χ3n) is 4.04. The van der Waals surface area contributed by atoms with E-state index >= 15 is 0 Å². The molecule has 0 saturated heterocycles. The molecule has 2 amide bonds. The van der Waals surface area contributed by atoms with Crippen LogP contribution in [0.2, 0.25) is 0 Å². The van der Waals surface area contributed by atoms with E-state index < -0.39 is 5.97 Å². The van der Waals surface area contributed by atoms with Crippen LogP contribution in [0.3, 0.4) is 0 Å². The summed E-state index contributed by atoms with van der Waals surface area (Å²) in [6.45, 7) is 6.09. The Morgan fingerprint density at radius 2 is 2.05 bits per heavy atom. The number of carbonyl (C=O) groups excluding carboxylic acids is 1. The van der Waals surface area contributed by atoms with Crippen molar-refractivity contribution in [3.63, 3.8) is 0 Å². The summed E-state index contributed by atoms with van der Waals surface area (Å²) in [5.74, 6) is -1.04. The van der Waals surface area contributed by atoms with Crippen LogP contribution in [-0.2, 0) is 0 Å². The van der Waals surface area contributed by atoms with Crippen LogP contribution in [0.5, 0.6) is 0 Å². The molecular weight excluding hydrogens is 268 g/mol. The number of nitrogens with one attached hydrogen (secondary N) is 2. The van der Waals surface area contributed by atoms with Crippen molar-refractivity contribution in [3.05, 3.63) is 29.3 Å². The van der Waals surface area contributed by atoms with Gasteiger partial charge in [-0.25, -0.2) is 9.59 Å². The van der Waals surface area contributed by atoms with E-state index in [0.29, 0.717) is 11.3 Å². The van der Waals surface area contributed by atoms with Gasteiger partial charge in [0.15, 0.2) is 0 Å². The molecule has 21 heavy (non-hydrogen) atoms. The van der Waals surface area contributed by atoms with E-state index in [9.17, 15) is 14.7 Å². The number of amides is 2. The molecule has 2 rings (SSSR count). The number of carboxylic acids is 1. The smallest absolute Gasteiger partial charge is 0.338 e. The monoisotopic (exact) mass is 290 g/mol. The third-order valence-corrected chi connectivity index (χ3v) is 4.04. The predicted molar refractivity (Wildman–Crippen MR) is 81.7 cm³/mol. The van der Waals surface area contributed by atoms with E-state index in [1.54, 1.807) is 25.1 Å². The molecule has 1 atom stereocenters. The molecule has 0 aromatic heterocycles. The first-order valence-electron chi connectivity index (χ1n) is 7.19. The number of rotatable bonds is 3. The summed E-state index contributed by atoms with van der Waals surface area (Å²) in [5.41, 5.74) is 1.35. The van der Waals surface area contributed by atoms with Gasteiger partial charge in [0.25, 0.3) is 0 Å². The zero-order valence-corrected chi connectivity index (χ0v) is 12.7. The molecule has 5 heteroatoms. The summed E-state index contributed by atoms with van der Waals surface area (Å²) in [6, 6.07) is 4.86. The van der Waals surface area contributed by atoms with Crippen molar-refractivity contribution in [2.75, 3.05) is 5.32 Å². The first kappa shape index (κ1) is 15.4. The second kappa shape index (κ2) is 5.76. The van der Waals surface area contributed by atoms with Crippen molar-refractivity contribution < 1.29 is 14.7 Å². The maximum absolute atomic E-state index is 12.1. The summed E-state index contributed by atoms with van der Waals surface area (Å²) >= 11 is 0. The van der Waals surface area contributed by atoms with Crippen LogP contribution in [0, 0.1) is 12.3 Å². The van der Waals surface area contributed by atoms with E-state index in [0.717, 1.165) is 19.3 Å². The van der Waals surface area contributed by atoms with Gasteiger partial charge in [-0.2, -0.15) is 0 Å². The highest BCUT2D eigenvalue weighted by Crippen LogP contribution is 2.36. The summed E-state index contributed by atoms with van der Waals surface area (Å²) in [6.07, 6.45) is 2.99. The van der Waals surface area contributed by atoms with Gasteiger partial charge in [0.2, 0.25) is 0 Å². The minimum Gasteiger partial charge on any atom is -0.478 e. The van der Waals surface area contributed by atoms with Crippen LogP contribution in [0.1, 0.15) is 49.0 Å². The van der Waals surface area contributed by atoms with Gasteiger partial charge in [-0.15, -0.1) is 0 Å². The standard InChI is InChI=1S/C16H22N2O3/c1-10-5-4-6-12(13(10)14(19)20)18-15(21)17-11-7-8-16(2,3)9-11/h4-6,11H,7-9H2,1-3H3,(H,19,20)(H2,17,18,21). The molecular formula is C16H22N2O3. The summed E-state index contributed by atoms with van der Waals surface area (Å²) in [5, 5.41) is 14.8.